The summed E-state index contributed by atoms with van der Waals surface area (Å²) in [5.74, 6) is 0.205. The van der Waals surface area contributed by atoms with E-state index in [0.717, 1.165) is 17.8 Å². The molecule has 0 atom stereocenters. The number of hydrogen-bond acceptors (Lipinski definition) is 3. The van der Waals surface area contributed by atoms with Crippen molar-refractivity contribution in [1.82, 2.24) is 0 Å². The van der Waals surface area contributed by atoms with Gasteiger partial charge in [0.05, 0.1) is 7.11 Å². The summed E-state index contributed by atoms with van der Waals surface area (Å²) in [5, 5.41) is 7.53. The molecule has 0 saturated carbocycles. The highest BCUT2D eigenvalue weighted by Gasteiger charge is 2.03. The van der Waals surface area contributed by atoms with Gasteiger partial charge in [-0.2, -0.15) is 0 Å². The number of nitrogens with one attached hydrogen (secondary N) is 1. The van der Waals surface area contributed by atoms with Gasteiger partial charge in [-0.25, -0.2) is 0 Å². The van der Waals surface area contributed by atoms with E-state index in [0.29, 0.717) is 0 Å². The number of nitrogens with zero attached hydrogens (tertiary/aromatic N) is 1. The summed E-state index contributed by atoms with van der Waals surface area (Å²) < 4.78 is 4.87. The normalized spacial score (nSPS) is 9.64. The summed E-state index contributed by atoms with van der Waals surface area (Å²) in [4.78, 5) is 2.12. The van der Waals surface area contributed by atoms with Gasteiger partial charge in [0.2, 0.25) is 5.90 Å². The molecule has 0 amide bonds. The van der Waals surface area contributed by atoms with E-state index in [2.05, 4.69) is 11.8 Å². The second-order valence-electron chi connectivity index (χ2n) is 3.10. The van der Waals surface area contributed by atoms with E-state index in [4.69, 9.17) is 10.1 Å². The Morgan fingerprint density at radius 2 is 2.21 bits per heavy atom. The average Bonchev–Trinajstić information content (AvgIpc) is 2.27. The number of methoxy groups -OCH3 is 1. The van der Waals surface area contributed by atoms with Crippen molar-refractivity contribution in [1.29, 1.82) is 5.41 Å². The number of benzene rings is 1. The molecule has 0 radical (unpaired) electrons. The zero-order valence-electron chi connectivity index (χ0n) is 8.87. The minimum atomic E-state index is 0.205. The second kappa shape index (κ2) is 4.65. The van der Waals surface area contributed by atoms with Crippen molar-refractivity contribution in [3.8, 4) is 0 Å². The Kier molecular flexibility index (Phi) is 3.51. The summed E-state index contributed by atoms with van der Waals surface area (Å²) in [7, 11) is 3.54. The van der Waals surface area contributed by atoms with Crippen molar-refractivity contribution in [2.75, 3.05) is 25.6 Å². The monoisotopic (exact) mass is 192 g/mol. The third-order valence-corrected chi connectivity index (χ3v) is 2.23. The molecular formula is C11H16N2O. The Balaban J connectivity index is 2.95. The first-order chi connectivity index (χ1) is 6.69. The molecule has 0 unspecified atom stereocenters. The second-order valence-corrected chi connectivity index (χ2v) is 3.10. The highest BCUT2D eigenvalue weighted by Crippen LogP contribution is 2.14. The van der Waals surface area contributed by atoms with E-state index in [9.17, 15) is 0 Å². The van der Waals surface area contributed by atoms with Crippen LogP contribution in [0.1, 0.15) is 12.5 Å². The van der Waals surface area contributed by atoms with Crippen molar-refractivity contribution in [2.45, 2.75) is 6.92 Å². The fourth-order valence-corrected chi connectivity index (χ4v) is 1.19. The topological polar surface area (TPSA) is 36.3 Å². The van der Waals surface area contributed by atoms with Crippen molar-refractivity contribution in [3.05, 3.63) is 29.8 Å². The van der Waals surface area contributed by atoms with Crippen LogP contribution in [0.2, 0.25) is 0 Å². The Bertz CT molecular complexity index is 323. The van der Waals surface area contributed by atoms with Gasteiger partial charge in [0.15, 0.2) is 0 Å². The van der Waals surface area contributed by atoms with E-state index in [-0.39, 0.29) is 5.90 Å². The number of hydrogen-bond donors (Lipinski definition) is 1. The van der Waals surface area contributed by atoms with Crippen LogP contribution in [0.5, 0.6) is 0 Å². The lowest BCUT2D eigenvalue weighted by atomic mass is 10.2. The highest BCUT2D eigenvalue weighted by molar-refractivity contribution is 5.92. The number of rotatable bonds is 3. The molecule has 0 aromatic heterocycles. The van der Waals surface area contributed by atoms with E-state index < -0.39 is 0 Å². The largest absolute Gasteiger partial charge is 0.481 e. The molecule has 0 aliphatic heterocycles. The van der Waals surface area contributed by atoms with E-state index in [1.807, 2.05) is 31.3 Å². The van der Waals surface area contributed by atoms with Gasteiger partial charge >= 0.3 is 0 Å². The highest BCUT2D eigenvalue weighted by atomic mass is 16.5. The minimum Gasteiger partial charge on any atom is -0.481 e. The molecule has 0 heterocycles. The van der Waals surface area contributed by atoms with Crippen molar-refractivity contribution < 1.29 is 4.74 Å². The molecule has 1 aromatic rings. The summed E-state index contributed by atoms with van der Waals surface area (Å²) in [6, 6.07) is 7.79. The number of anilines is 1. The van der Waals surface area contributed by atoms with Crippen LogP contribution < -0.4 is 4.90 Å². The molecule has 0 bridgehead atoms. The maximum Gasteiger partial charge on any atom is 0.212 e. The smallest absolute Gasteiger partial charge is 0.212 e. The van der Waals surface area contributed by atoms with Gasteiger partial charge in [-0.3, -0.25) is 5.41 Å². The molecule has 0 saturated heterocycles. The summed E-state index contributed by atoms with van der Waals surface area (Å²) >= 11 is 0. The van der Waals surface area contributed by atoms with E-state index in [1.54, 1.807) is 0 Å². The molecule has 1 N–H and O–H groups in total. The standard InChI is InChI=1S/C11H16N2O/c1-4-13(2)10-7-5-6-9(8-10)11(12)14-3/h5-8,12H,4H2,1-3H3. The molecule has 1 aromatic carbocycles. The molecule has 0 aliphatic rings. The summed E-state index contributed by atoms with van der Waals surface area (Å²) in [6.45, 7) is 3.04. The molecule has 0 aliphatic carbocycles. The first-order valence-corrected chi connectivity index (χ1v) is 4.63. The summed E-state index contributed by atoms with van der Waals surface area (Å²) in [6.07, 6.45) is 0. The van der Waals surface area contributed by atoms with Gasteiger partial charge in [-0.1, -0.05) is 6.07 Å². The van der Waals surface area contributed by atoms with Crippen LogP contribution in [0.25, 0.3) is 0 Å². The lowest BCUT2D eigenvalue weighted by Gasteiger charge is -2.17. The predicted molar refractivity (Wildman–Crippen MR) is 59.2 cm³/mol. The third-order valence-electron chi connectivity index (χ3n) is 2.23. The van der Waals surface area contributed by atoms with E-state index in [1.165, 1.54) is 7.11 Å². The van der Waals surface area contributed by atoms with Crippen LogP contribution in [0.15, 0.2) is 24.3 Å². The molecule has 0 fully saturated rings. The molecule has 0 spiro atoms. The zero-order chi connectivity index (χ0) is 10.6. The van der Waals surface area contributed by atoms with Gasteiger partial charge in [-0.05, 0) is 25.1 Å². The Hall–Kier alpha value is -1.51. The van der Waals surface area contributed by atoms with Crippen molar-refractivity contribution >= 4 is 11.6 Å². The van der Waals surface area contributed by atoms with Gasteiger partial charge in [0.1, 0.15) is 0 Å². The van der Waals surface area contributed by atoms with Gasteiger partial charge in [0.25, 0.3) is 0 Å². The predicted octanol–water partition coefficient (Wildman–Crippen LogP) is 2.11. The van der Waals surface area contributed by atoms with Crippen LogP contribution in [0, 0.1) is 5.41 Å². The quantitative estimate of drug-likeness (QED) is 0.588. The van der Waals surface area contributed by atoms with Crippen molar-refractivity contribution in [3.63, 3.8) is 0 Å². The van der Waals surface area contributed by atoms with Crippen LogP contribution in [0.4, 0.5) is 5.69 Å². The third kappa shape index (κ3) is 2.25. The Labute approximate surface area is 84.8 Å². The Morgan fingerprint density at radius 1 is 1.50 bits per heavy atom. The maximum absolute atomic E-state index is 7.53. The average molecular weight is 192 g/mol. The van der Waals surface area contributed by atoms with Crippen LogP contribution in [-0.2, 0) is 4.74 Å². The number of ether oxygens (including phenoxy) is 1. The van der Waals surface area contributed by atoms with Crippen molar-refractivity contribution in [2.24, 2.45) is 0 Å². The van der Waals surface area contributed by atoms with Gasteiger partial charge in [-0.15, -0.1) is 0 Å². The first kappa shape index (κ1) is 10.6. The first-order valence-electron chi connectivity index (χ1n) is 4.63. The molecule has 76 valence electrons. The lowest BCUT2D eigenvalue weighted by Crippen LogP contribution is -2.16. The molecule has 14 heavy (non-hydrogen) atoms. The Morgan fingerprint density at radius 3 is 2.79 bits per heavy atom. The molecule has 3 heteroatoms. The molecule has 3 nitrogen and oxygen atoms in total. The van der Waals surface area contributed by atoms with Crippen LogP contribution in [0.3, 0.4) is 0 Å². The fourth-order valence-electron chi connectivity index (χ4n) is 1.19. The molecule has 1 rings (SSSR count). The maximum atomic E-state index is 7.53. The fraction of sp³-hybridized carbons (Fsp3) is 0.364. The lowest BCUT2D eigenvalue weighted by molar-refractivity contribution is 0.401. The van der Waals surface area contributed by atoms with Gasteiger partial charge < -0.3 is 9.64 Å². The zero-order valence-corrected chi connectivity index (χ0v) is 8.87. The van der Waals surface area contributed by atoms with E-state index >= 15 is 0 Å². The minimum absolute atomic E-state index is 0.205. The SMILES string of the molecule is CCN(C)c1cccc(C(=N)OC)c1. The summed E-state index contributed by atoms with van der Waals surface area (Å²) in [5.41, 5.74) is 1.91. The van der Waals surface area contributed by atoms with Gasteiger partial charge in [0, 0.05) is 24.8 Å². The molecular weight excluding hydrogens is 176 g/mol. The van der Waals surface area contributed by atoms with Crippen LogP contribution in [-0.4, -0.2) is 26.6 Å². The van der Waals surface area contributed by atoms with Crippen LogP contribution >= 0.6 is 0 Å².